The molecule has 1 amide bonds. The van der Waals surface area contributed by atoms with Crippen LogP contribution in [0.25, 0.3) is 0 Å². The molecule has 1 unspecified atom stereocenters. The fraction of sp³-hybridized carbons (Fsp3) is 0.316. The molecular formula is C19H23FN2O3S. The maximum atomic E-state index is 13.3. The number of nitrogens with one attached hydrogen (secondary N) is 2. The maximum Gasteiger partial charge on any atom is 0.251 e. The van der Waals surface area contributed by atoms with Crippen molar-refractivity contribution < 1.29 is 17.6 Å². The van der Waals surface area contributed by atoms with Gasteiger partial charge in [0.05, 0.1) is 10.9 Å². The lowest BCUT2D eigenvalue weighted by Crippen LogP contribution is -2.40. The molecule has 2 N–H and O–H groups in total. The molecule has 2 aromatic carbocycles. The molecule has 0 aromatic heterocycles. The molecule has 0 fully saturated rings. The third-order valence-corrected chi connectivity index (χ3v) is 5.34. The summed E-state index contributed by atoms with van der Waals surface area (Å²) in [6.07, 6.45) is 0. The van der Waals surface area contributed by atoms with Gasteiger partial charge in [0.25, 0.3) is 5.91 Å². The smallest absolute Gasteiger partial charge is 0.251 e. The summed E-state index contributed by atoms with van der Waals surface area (Å²) >= 11 is 0. The standard InChI is InChI=1S/C19H23FN2O3S/c1-13(15-6-5-7-16(20)12-15)21-18(23)14-8-10-17(11-9-14)26(24,25)22-19(2,3)4/h5-13,22H,1-4H3,(H,21,23). The van der Waals surface area contributed by atoms with Crippen LogP contribution in [0, 0.1) is 5.82 Å². The molecule has 0 radical (unpaired) electrons. The van der Waals surface area contributed by atoms with E-state index in [1.165, 1.54) is 36.4 Å². The topological polar surface area (TPSA) is 75.3 Å². The molecule has 26 heavy (non-hydrogen) atoms. The van der Waals surface area contributed by atoms with Gasteiger partial charge in [-0.15, -0.1) is 0 Å². The largest absolute Gasteiger partial charge is 0.346 e. The number of benzene rings is 2. The SMILES string of the molecule is CC(NC(=O)c1ccc(S(=O)(=O)NC(C)(C)C)cc1)c1cccc(F)c1. The Kier molecular flexibility index (Phi) is 5.83. The fourth-order valence-corrected chi connectivity index (χ4v) is 3.81. The fourth-order valence-electron chi connectivity index (χ4n) is 2.39. The molecule has 2 aromatic rings. The molecular weight excluding hydrogens is 355 g/mol. The van der Waals surface area contributed by atoms with Crippen molar-refractivity contribution in [2.45, 2.75) is 44.2 Å². The van der Waals surface area contributed by atoms with Gasteiger partial charge in [0.2, 0.25) is 10.0 Å². The predicted molar refractivity (Wildman–Crippen MR) is 98.8 cm³/mol. The van der Waals surface area contributed by atoms with E-state index in [1.54, 1.807) is 39.8 Å². The molecule has 0 saturated carbocycles. The molecule has 0 aliphatic rings. The Morgan fingerprint density at radius 2 is 1.69 bits per heavy atom. The second-order valence-corrected chi connectivity index (χ2v) is 8.81. The summed E-state index contributed by atoms with van der Waals surface area (Å²) in [5, 5.41) is 2.77. The van der Waals surface area contributed by atoms with E-state index in [2.05, 4.69) is 10.0 Å². The van der Waals surface area contributed by atoms with Crippen molar-refractivity contribution in [2.24, 2.45) is 0 Å². The van der Waals surface area contributed by atoms with Gasteiger partial charge in [0.1, 0.15) is 5.82 Å². The Morgan fingerprint density at radius 1 is 1.08 bits per heavy atom. The summed E-state index contributed by atoms with van der Waals surface area (Å²) in [6, 6.07) is 11.3. The van der Waals surface area contributed by atoms with Crippen LogP contribution in [-0.4, -0.2) is 19.9 Å². The first-order valence-corrected chi connectivity index (χ1v) is 9.67. The van der Waals surface area contributed by atoms with Crippen LogP contribution in [0.15, 0.2) is 53.4 Å². The van der Waals surface area contributed by atoms with Crippen LogP contribution in [-0.2, 0) is 10.0 Å². The number of halogens is 1. The molecule has 0 aliphatic heterocycles. The Morgan fingerprint density at radius 3 is 2.23 bits per heavy atom. The quantitative estimate of drug-likeness (QED) is 0.837. The summed E-state index contributed by atoms with van der Waals surface area (Å²) in [6.45, 7) is 7.00. The highest BCUT2D eigenvalue weighted by molar-refractivity contribution is 7.89. The molecule has 0 heterocycles. The normalized spacial score (nSPS) is 13.3. The van der Waals surface area contributed by atoms with Crippen LogP contribution in [0.4, 0.5) is 4.39 Å². The molecule has 7 heteroatoms. The molecule has 1 atom stereocenters. The van der Waals surface area contributed by atoms with E-state index in [9.17, 15) is 17.6 Å². The molecule has 0 saturated heterocycles. The zero-order chi connectivity index (χ0) is 19.5. The van der Waals surface area contributed by atoms with Gasteiger partial charge in [-0.2, -0.15) is 0 Å². The highest BCUT2D eigenvalue weighted by Crippen LogP contribution is 2.16. The van der Waals surface area contributed by atoms with Gasteiger partial charge in [-0.25, -0.2) is 17.5 Å². The third-order valence-electron chi connectivity index (χ3n) is 3.56. The van der Waals surface area contributed by atoms with Crippen LogP contribution >= 0.6 is 0 Å². The van der Waals surface area contributed by atoms with E-state index >= 15 is 0 Å². The Bertz CT molecular complexity index is 888. The average molecular weight is 378 g/mol. The molecule has 0 aliphatic carbocycles. The third kappa shape index (κ3) is 5.37. The second-order valence-electron chi connectivity index (χ2n) is 7.13. The minimum Gasteiger partial charge on any atom is -0.346 e. The number of carbonyl (C=O) groups is 1. The lowest BCUT2D eigenvalue weighted by atomic mass is 10.1. The maximum absolute atomic E-state index is 13.3. The Hall–Kier alpha value is -2.25. The number of hydrogen-bond acceptors (Lipinski definition) is 3. The second kappa shape index (κ2) is 7.55. The summed E-state index contributed by atoms with van der Waals surface area (Å²) in [4.78, 5) is 12.4. The average Bonchev–Trinajstić information content (AvgIpc) is 2.52. The number of sulfonamides is 1. The Balaban J connectivity index is 2.11. The minimum atomic E-state index is -3.65. The highest BCUT2D eigenvalue weighted by atomic mass is 32.2. The zero-order valence-electron chi connectivity index (χ0n) is 15.2. The number of amides is 1. The van der Waals surface area contributed by atoms with Crippen molar-refractivity contribution in [1.29, 1.82) is 0 Å². The first kappa shape index (κ1) is 20.1. The van der Waals surface area contributed by atoms with Crippen LogP contribution in [0.1, 0.15) is 49.7 Å². The first-order chi connectivity index (χ1) is 12.0. The number of hydrogen-bond donors (Lipinski definition) is 2. The minimum absolute atomic E-state index is 0.0853. The lowest BCUT2D eigenvalue weighted by Gasteiger charge is -2.20. The van der Waals surface area contributed by atoms with E-state index in [-0.39, 0.29) is 22.7 Å². The van der Waals surface area contributed by atoms with Crippen molar-refractivity contribution >= 4 is 15.9 Å². The van der Waals surface area contributed by atoms with Gasteiger partial charge in [-0.3, -0.25) is 4.79 Å². The summed E-state index contributed by atoms with van der Waals surface area (Å²) in [5.41, 5.74) is 0.366. The van der Waals surface area contributed by atoms with E-state index in [0.717, 1.165) is 0 Å². The van der Waals surface area contributed by atoms with Crippen molar-refractivity contribution in [3.63, 3.8) is 0 Å². The summed E-state index contributed by atoms with van der Waals surface area (Å²) in [5.74, 6) is -0.737. The van der Waals surface area contributed by atoms with Crippen LogP contribution in [0.3, 0.4) is 0 Å². The number of rotatable bonds is 5. The zero-order valence-corrected chi connectivity index (χ0v) is 16.0. The molecule has 140 valence electrons. The van der Waals surface area contributed by atoms with E-state index < -0.39 is 15.6 Å². The van der Waals surface area contributed by atoms with Crippen molar-refractivity contribution in [1.82, 2.24) is 10.0 Å². The van der Waals surface area contributed by atoms with E-state index in [0.29, 0.717) is 11.1 Å². The van der Waals surface area contributed by atoms with Gasteiger partial charge in [-0.1, -0.05) is 12.1 Å². The lowest BCUT2D eigenvalue weighted by molar-refractivity contribution is 0.0939. The summed E-state index contributed by atoms with van der Waals surface area (Å²) in [7, 11) is -3.65. The number of carbonyl (C=O) groups excluding carboxylic acids is 1. The van der Waals surface area contributed by atoms with Crippen molar-refractivity contribution in [3.05, 3.63) is 65.5 Å². The van der Waals surface area contributed by atoms with Crippen molar-refractivity contribution in [3.8, 4) is 0 Å². The van der Waals surface area contributed by atoms with Gasteiger partial charge in [-0.05, 0) is 69.7 Å². The van der Waals surface area contributed by atoms with Crippen LogP contribution in [0.2, 0.25) is 0 Å². The summed E-state index contributed by atoms with van der Waals surface area (Å²) < 4.78 is 40.4. The van der Waals surface area contributed by atoms with Gasteiger partial charge < -0.3 is 5.32 Å². The monoisotopic (exact) mass is 378 g/mol. The molecule has 2 rings (SSSR count). The predicted octanol–water partition coefficient (Wildman–Crippen LogP) is 3.39. The van der Waals surface area contributed by atoms with Gasteiger partial charge >= 0.3 is 0 Å². The van der Waals surface area contributed by atoms with Crippen LogP contribution in [0.5, 0.6) is 0 Å². The molecule has 5 nitrogen and oxygen atoms in total. The van der Waals surface area contributed by atoms with Gasteiger partial charge in [0.15, 0.2) is 0 Å². The Labute approximate surface area is 153 Å². The highest BCUT2D eigenvalue weighted by Gasteiger charge is 2.22. The van der Waals surface area contributed by atoms with Crippen molar-refractivity contribution in [2.75, 3.05) is 0 Å². The molecule has 0 bridgehead atoms. The molecule has 0 spiro atoms. The van der Waals surface area contributed by atoms with Crippen LogP contribution < -0.4 is 10.0 Å². The van der Waals surface area contributed by atoms with E-state index in [1.807, 2.05) is 0 Å². The van der Waals surface area contributed by atoms with E-state index in [4.69, 9.17) is 0 Å². The van der Waals surface area contributed by atoms with Gasteiger partial charge in [0, 0.05) is 11.1 Å². The first-order valence-electron chi connectivity index (χ1n) is 8.18.